The van der Waals surface area contributed by atoms with Crippen LogP contribution in [0.3, 0.4) is 0 Å². The molecule has 0 amide bonds. The zero-order valence-electron chi connectivity index (χ0n) is 16.8. The van der Waals surface area contributed by atoms with E-state index in [0.717, 1.165) is 45.4 Å². The first-order chi connectivity index (χ1) is 14.7. The van der Waals surface area contributed by atoms with Crippen LogP contribution in [0.15, 0.2) is 91.0 Å². The summed E-state index contributed by atoms with van der Waals surface area (Å²) in [6.07, 6.45) is 13.3. The Morgan fingerprint density at radius 1 is 0.967 bits per heavy atom. The fourth-order valence-corrected chi connectivity index (χ4v) is 3.76. The first-order valence-corrected chi connectivity index (χ1v) is 9.98. The topological polar surface area (TPSA) is 42.7 Å². The number of benzene rings is 2. The molecule has 5 rings (SSSR count). The van der Waals surface area contributed by atoms with Crippen LogP contribution in [0.2, 0.25) is 0 Å². The lowest BCUT2D eigenvalue weighted by Crippen LogP contribution is -2.23. The molecule has 0 atom stereocenters. The van der Waals surface area contributed by atoms with Crippen molar-refractivity contribution in [2.24, 2.45) is 7.05 Å². The van der Waals surface area contributed by atoms with Gasteiger partial charge in [-0.15, -0.1) is 0 Å². The molecule has 1 aliphatic carbocycles. The van der Waals surface area contributed by atoms with E-state index in [1.165, 1.54) is 10.4 Å². The van der Waals surface area contributed by atoms with Crippen LogP contribution in [0, 0.1) is 0 Å². The molecule has 0 saturated heterocycles. The van der Waals surface area contributed by atoms with Gasteiger partial charge in [0, 0.05) is 36.1 Å². The van der Waals surface area contributed by atoms with E-state index in [9.17, 15) is 0 Å². The van der Waals surface area contributed by atoms with Crippen LogP contribution >= 0.6 is 0 Å². The van der Waals surface area contributed by atoms with Crippen molar-refractivity contribution in [2.75, 3.05) is 5.32 Å². The molecule has 0 spiro atoms. The van der Waals surface area contributed by atoms with Crippen molar-refractivity contribution in [1.82, 2.24) is 14.8 Å². The minimum absolute atomic E-state index is 0.784. The number of nitrogens with zero attached hydrogens (tertiary/aromatic N) is 3. The van der Waals surface area contributed by atoms with Crippen molar-refractivity contribution in [3.05, 3.63) is 101 Å². The molecule has 1 N–H and O–H groups in total. The van der Waals surface area contributed by atoms with Crippen LogP contribution < -0.4 is 15.8 Å². The Hall–Kier alpha value is -3.92. The molecule has 2 aromatic heterocycles. The van der Waals surface area contributed by atoms with Crippen LogP contribution in [-0.4, -0.2) is 14.8 Å². The van der Waals surface area contributed by atoms with Gasteiger partial charge in [-0.05, 0) is 51.6 Å². The molecule has 0 aliphatic heterocycles. The molecule has 2 aromatic carbocycles. The molecule has 30 heavy (non-hydrogen) atoms. The molecule has 0 bridgehead atoms. The van der Waals surface area contributed by atoms with Gasteiger partial charge in [-0.3, -0.25) is 4.68 Å². The average Bonchev–Trinajstić information content (AvgIpc) is 3.07. The first-order valence-electron chi connectivity index (χ1n) is 9.98. The SMILES string of the molecule is C=C(Nc1cc2cc(-c3cnn(C)c3)ccc2cn1)C1=CCC=c2ccccc2=C1. The van der Waals surface area contributed by atoms with Gasteiger partial charge in [0.1, 0.15) is 5.82 Å². The number of aryl methyl sites for hydroxylation is 1. The molecule has 0 radical (unpaired) electrons. The van der Waals surface area contributed by atoms with E-state index in [-0.39, 0.29) is 0 Å². The summed E-state index contributed by atoms with van der Waals surface area (Å²) < 4.78 is 1.82. The fraction of sp³-hybridized carbons (Fsp3) is 0.0769. The van der Waals surface area contributed by atoms with Crippen molar-refractivity contribution in [2.45, 2.75) is 6.42 Å². The third kappa shape index (κ3) is 3.55. The molecular weight excluding hydrogens is 368 g/mol. The lowest BCUT2D eigenvalue weighted by molar-refractivity contribution is 0.768. The van der Waals surface area contributed by atoms with E-state index in [4.69, 9.17) is 0 Å². The summed E-state index contributed by atoms with van der Waals surface area (Å²) >= 11 is 0. The van der Waals surface area contributed by atoms with Crippen LogP contribution in [0.5, 0.6) is 0 Å². The van der Waals surface area contributed by atoms with Crippen LogP contribution in [0.25, 0.3) is 34.1 Å². The van der Waals surface area contributed by atoms with Gasteiger partial charge >= 0.3 is 0 Å². The Kier molecular flexibility index (Phi) is 4.52. The summed E-state index contributed by atoms with van der Waals surface area (Å²) in [4.78, 5) is 4.58. The lowest BCUT2D eigenvalue weighted by atomic mass is 10.0. The van der Waals surface area contributed by atoms with E-state index >= 15 is 0 Å². The number of hydrogen-bond acceptors (Lipinski definition) is 3. The molecular formula is C26H22N4. The van der Waals surface area contributed by atoms with E-state index in [1.807, 2.05) is 30.3 Å². The van der Waals surface area contributed by atoms with Gasteiger partial charge in [0.15, 0.2) is 0 Å². The average molecular weight is 390 g/mol. The summed E-state index contributed by atoms with van der Waals surface area (Å²) in [5.74, 6) is 0.784. The van der Waals surface area contributed by atoms with Gasteiger partial charge in [0.2, 0.25) is 0 Å². The molecule has 4 aromatic rings. The number of nitrogens with one attached hydrogen (secondary N) is 1. The first kappa shape index (κ1) is 18.1. The second-order valence-corrected chi connectivity index (χ2v) is 7.51. The highest BCUT2D eigenvalue weighted by Crippen LogP contribution is 2.26. The molecule has 0 unspecified atom stereocenters. The molecule has 2 heterocycles. The molecule has 4 heteroatoms. The van der Waals surface area contributed by atoms with Crippen molar-refractivity contribution < 1.29 is 0 Å². The predicted molar refractivity (Wildman–Crippen MR) is 124 cm³/mol. The van der Waals surface area contributed by atoms with Gasteiger partial charge in [-0.2, -0.15) is 5.10 Å². The van der Waals surface area contributed by atoms with E-state index in [0.29, 0.717) is 0 Å². The van der Waals surface area contributed by atoms with Gasteiger partial charge in [-0.1, -0.05) is 55.1 Å². The van der Waals surface area contributed by atoms with Crippen LogP contribution in [-0.2, 0) is 7.05 Å². The quantitative estimate of drug-likeness (QED) is 0.569. The van der Waals surface area contributed by atoms with Crippen molar-refractivity contribution >= 4 is 28.7 Å². The Balaban J connectivity index is 1.44. The standard InChI is InChI=1S/C26H22N4/c1-18(20-9-5-8-19-6-3-4-7-21(19)12-20)29-26-14-24-13-22(10-11-23(24)15-27-26)25-16-28-30(2)17-25/h3-4,6-17H,1,5H2,2H3,(H,27,29). The zero-order valence-corrected chi connectivity index (χ0v) is 16.8. The molecule has 4 nitrogen and oxygen atoms in total. The van der Waals surface area contributed by atoms with Gasteiger partial charge in [0.25, 0.3) is 0 Å². The minimum atomic E-state index is 0.784. The second kappa shape index (κ2) is 7.48. The van der Waals surface area contributed by atoms with E-state index in [1.54, 1.807) is 0 Å². The highest BCUT2D eigenvalue weighted by atomic mass is 15.2. The highest BCUT2D eigenvalue weighted by molar-refractivity contribution is 5.88. The normalized spacial score (nSPS) is 12.9. The Morgan fingerprint density at radius 2 is 1.83 bits per heavy atom. The Bertz CT molecular complexity index is 1420. The van der Waals surface area contributed by atoms with Crippen LogP contribution in [0.4, 0.5) is 5.82 Å². The van der Waals surface area contributed by atoms with Crippen molar-refractivity contribution in [3.8, 4) is 11.1 Å². The number of fused-ring (bicyclic) bond motifs is 2. The number of rotatable bonds is 4. The zero-order chi connectivity index (χ0) is 20.5. The predicted octanol–water partition coefficient (Wildman–Crippen LogP) is 4.15. The minimum Gasteiger partial charge on any atom is -0.340 e. The number of hydrogen-bond donors (Lipinski definition) is 1. The summed E-state index contributed by atoms with van der Waals surface area (Å²) in [5, 5.41) is 12.3. The van der Waals surface area contributed by atoms with E-state index < -0.39 is 0 Å². The summed E-state index contributed by atoms with van der Waals surface area (Å²) in [7, 11) is 1.93. The van der Waals surface area contributed by atoms with Crippen molar-refractivity contribution in [1.29, 1.82) is 0 Å². The number of anilines is 1. The maximum atomic E-state index is 4.58. The maximum Gasteiger partial charge on any atom is 0.130 e. The summed E-state index contributed by atoms with van der Waals surface area (Å²) in [6.45, 7) is 4.26. The number of pyridine rings is 1. The molecule has 0 fully saturated rings. The molecule has 0 saturated carbocycles. The maximum absolute atomic E-state index is 4.58. The Labute approximate surface area is 175 Å². The Morgan fingerprint density at radius 3 is 2.67 bits per heavy atom. The molecule has 1 aliphatic rings. The van der Waals surface area contributed by atoms with Gasteiger partial charge in [0.05, 0.1) is 6.20 Å². The monoisotopic (exact) mass is 390 g/mol. The largest absolute Gasteiger partial charge is 0.340 e. The smallest absolute Gasteiger partial charge is 0.130 e. The van der Waals surface area contributed by atoms with Crippen LogP contribution in [0.1, 0.15) is 6.42 Å². The van der Waals surface area contributed by atoms with E-state index in [2.05, 4.69) is 88.7 Å². The fourth-order valence-electron chi connectivity index (χ4n) is 3.76. The lowest BCUT2D eigenvalue weighted by Gasteiger charge is -2.11. The number of allylic oxidation sites excluding steroid dienone is 2. The third-order valence-electron chi connectivity index (χ3n) is 5.37. The highest BCUT2D eigenvalue weighted by Gasteiger charge is 2.06. The summed E-state index contributed by atoms with van der Waals surface area (Å²) in [6, 6.07) is 16.8. The van der Waals surface area contributed by atoms with Crippen molar-refractivity contribution in [3.63, 3.8) is 0 Å². The van der Waals surface area contributed by atoms with Gasteiger partial charge in [-0.25, -0.2) is 4.98 Å². The second-order valence-electron chi connectivity index (χ2n) is 7.51. The molecule has 146 valence electrons. The number of aromatic nitrogens is 3. The third-order valence-corrected chi connectivity index (χ3v) is 5.37. The van der Waals surface area contributed by atoms with Gasteiger partial charge < -0.3 is 5.32 Å². The summed E-state index contributed by atoms with van der Waals surface area (Å²) in [5.41, 5.74) is 4.17.